The van der Waals surface area contributed by atoms with E-state index >= 15 is 0 Å². The molecule has 0 saturated carbocycles. The zero-order valence-corrected chi connectivity index (χ0v) is 9.30. The second kappa shape index (κ2) is 3.90. The molecule has 2 aromatic rings. The maximum atomic E-state index is 5.78. The second-order valence-electron chi connectivity index (χ2n) is 3.18. The molecule has 6 heteroatoms. The van der Waals surface area contributed by atoms with E-state index in [2.05, 4.69) is 20.2 Å². The molecule has 15 heavy (non-hydrogen) atoms. The molecule has 0 radical (unpaired) electrons. The monoisotopic (exact) mass is 221 g/mol. The van der Waals surface area contributed by atoms with Gasteiger partial charge in [-0.05, 0) is 37.2 Å². The minimum Gasteiger partial charge on any atom is -0.398 e. The summed E-state index contributed by atoms with van der Waals surface area (Å²) < 4.78 is 0. The predicted molar refractivity (Wildman–Crippen MR) is 58.6 cm³/mol. The summed E-state index contributed by atoms with van der Waals surface area (Å²) in [5.74, 6) is 0.789. The number of nitrogen functional groups attached to an aromatic ring is 1. The fraction of sp³-hybridized carbons (Fsp3) is 0.222. The molecule has 3 N–H and O–H groups in total. The average molecular weight is 221 g/mol. The number of H-pyrrole nitrogens is 1. The Hall–Kier alpha value is -1.56. The highest BCUT2D eigenvalue weighted by Gasteiger charge is 2.05. The van der Waals surface area contributed by atoms with Crippen LogP contribution in [0.5, 0.6) is 0 Å². The maximum Gasteiger partial charge on any atom is 0.214 e. The molecule has 0 aliphatic heterocycles. The summed E-state index contributed by atoms with van der Waals surface area (Å²) >= 11 is 1.39. The van der Waals surface area contributed by atoms with Crippen LogP contribution in [0.3, 0.4) is 0 Å². The number of pyridine rings is 1. The summed E-state index contributed by atoms with van der Waals surface area (Å²) in [6.45, 7) is 3.78. The molecule has 0 amide bonds. The van der Waals surface area contributed by atoms with Crippen molar-refractivity contribution in [3.05, 3.63) is 23.7 Å². The fourth-order valence-corrected chi connectivity index (χ4v) is 1.79. The van der Waals surface area contributed by atoms with Gasteiger partial charge in [-0.3, -0.25) is 5.10 Å². The van der Waals surface area contributed by atoms with Gasteiger partial charge in [0.25, 0.3) is 0 Å². The average Bonchev–Trinajstić information content (AvgIpc) is 2.58. The van der Waals surface area contributed by atoms with Crippen molar-refractivity contribution in [3.63, 3.8) is 0 Å². The Morgan fingerprint density at radius 2 is 2.20 bits per heavy atom. The fourth-order valence-electron chi connectivity index (χ4n) is 1.04. The molecule has 0 saturated heterocycles. The SMILES string of the molecule is Cc1nc(Sc2cc(N)c(C)cn2)n[nH]1. The first kappa shape index (κ1) is 9.97. The summed E-state index contributed by atoms with van der Waals surface area (Å²) in [5, 5.41) is 8.24. The van der Waals surface area contributed by atoms with Crippen molar-refractivity contribution in [1.29, 1.82) is 0 Å². The van der Waals surface area contributed by atoms with Gasteiger partial charge in [0, 0.05) is 11.9 Å². The van der Waals surface area contributed by atoms with E-state index in [-0.39, 0.29) is 0 Å². The van der Waals surface area contributed by atoms with Gasteiger partial charge >= 0.3 is 0 Å². The van der Waals surface area contributed by atoms with Crippen LogP contribution in [0, 0.1) is 13.8 Å². The molecule has 2 aromatic heterocycles. The molecule has 78 valence electrons. The number of nitrogens with one attached hydrogen (secondary N) is 1. The molecule has 0 aromatic carbocycles. The zero-order valence-electron chi connectivity index (χ0n) is 8.48. The summed E-state index contributed by atoms with van der Waals surface area (Å²) in [6.07, 6.45) is 1.75. The van der Waals surface area contributed by atoms with Gasteiger partial charge in [0.1, 0.15) is 10.9 Å². The number of hydrogen-bond acceptors (Lipinski definition) is 5. The quantitative estimate of drug-likeness (QED) is 0.804. The first-order chi connectivity index (χ1) is 7.15. The normalized spacial score (nSPS) is 10.5. The molecule has 0 fully saturated rings. The van der Waals surface area contributed by atoms with Gasteiger partial charge in [0.2, 0.25) is 5.16 Å². The molecule has 0 spiro atoms. The number of aromatic nitrogens is 4. The molecule has 0 aliphatic rings. The van der Waals surface area contributed by atoms with Crippen LogP contribution < -0.4 is 5.73 Å². The van der Waals surface area contributed by atoms with E-state index in [0.29, 0.717) is 5.16 Å². The molecule has 0 atom stereocenters. The van der Waals surface area contributed by atoms with Crippen LogP contribution in [0.1, 0.15) is 11.4 Å². The Kier molecular flexibility index (Phi) is 2.59. The van der Waals surface area contributed by atoms with Crippen LogP contribution in [0.2, 0.25) is 0 Å². The van der Waals surface area contributed by atoms with Gasteiger partial charge in [-0.25, -0.2) is 9.97 Å². The number of nitrogens with zero attached hydrogens (tertiary/aromatic N) is 3. The van der Waals surface area contributed by atoms with E-state index in [1.807, 2.05) is 19.9 Å². The highest BCUT2D eigenvalue weighted by atomic mass is 32.2. The summed E-state index contributed by atoms with van der Waals surface area (Å²) in [6, 6.07) is 1.83. The van der Waals surface area contributed by atoms with Crippen LogP contribution >= 0.6 is 11.8 Å². The third-order valence-corrected chi connectivity index (χ3v) is 2.69. The van der Waals surface area contributed by atoms with Crippen molar-refractivity contribution < 1.29 is 0 Å². The number of hydrogen-bond donors (Lipinski definition) is 2. The topological polar surface area (TPSA) is 80.5 Å². The summed E-state index contributed by atoms with van der Waals surface area (Å²) in [4.78, 5) is 8.41. The van der Waals surface area contributed by atoms with Gasteiger partial charge in [0.15, 0.2) is 0 Å². The van der Waals surface area contributed by atoms with E-state index in [4.69, 9.17) is 5.73 Å². The van der Waals surface area contributed by atoms with E-state index in [1.54, 1.807) is 6.20 Å². The maximum absolute atomic E-state index is 5.78. The van der Waals surface area contributed by atoms with E-state index < -0.39 is 0 Å². The first-order valence-corrected chi connectivity index (χ1v) is 5.26. The lowest BCUT2D eigenvalue weighted by Gasteiger charge is -2.00. The molecular weight excluding hydrogens is 210 g/mol. The third kappa shape index (κ3) is 2.27. The number of aromatic amines is 1. The molecule has 0 bridgehead atoms. The van der Waals surface area contributed by atoms with E-state index in [0.717, 1.165) is 22.1 Å². The number of rotatable bonds is 2. The molecule has 2 heterocycles. The number of nitrogens with two attached hydrogens (primary N) is 1. The van der Waals surface area contributed by atoms with Gasteiger partial charge in [0.05, 0.1) is 0 Å². The molecule has 0 unspecified atom stereocenters. The smallest absolute Gasteiger partial charge is 0.214 e. The predicted octanol–water partition coefficient (Wildman–Crippen LogP) is 1.55. The standard InChI is InChI=1S/C9H11N5S/c1-5-4-11-8(3-7(5)10)15-9-12-6(2)13-14-9/h3-4H,1-2H3,(H2,10,11)(H,12,13,14). The van der Waals surface area contributed by atoms with Gasteiger partial charge < -0.3 is 5.73 Å². The van der Waals surface area contributed by atoms with Crippen LogP contribution in [0.15, 0.2) is 22.4 Å². The molecule has 5 nitrogen and oxygen atoms in total. The van der Waals surface area contributed by atoms with Crippen LogP contribution in [-0.2, 0) is 0 Å². The lowest BCUT2D eigenvalue weighted by atomic mass is 10.3. The first-order valence-electron chi connectivity index (χ1n) is 4.44. The largest absolute Gasteiger partial charge is 0.398 e. The minimum absolute atomic E-state index is 0.656. The Balaban J connectivity index is 2.21. The van der Waals surface area contributed by atoms with Crippen molar-refractivity contribution in [2.45, 2.75) is 24.0 Å². The van der Waals surface area contributed by atoms with Gasteiger partial charge in [-0.2, -0.15) is 0 Å². The zero-order chi connectivity index (χ0) is 10.8. The Labute approximate surface area is 91.5 Å². The number of aryl methyl sites for hydroxylation is 2. The summed E-state index contributed by atoms with van der Waals surface area (Å²) in [7, 11) is 0. The highest BCUT2D eigenvalue weighted by molar-refractivity contribution is 7.99. The van der Waals surface area contributed by atoms with Crippen molar-refractivity contribution >= 4 is 17.4 Å². The third-order valence-electron chi connectivity index (χ3n) is 1.89. The Bertz CT molecular complexity index is 479. The minimum atomic E-state index is 0.656. The molecule has 0 aliphatic carbocycles. The van der Waals surface area contributed by atoms with Crippen molar-refractivity contribution in [2.24, 2.45) is 0 Å². The Morgan fingerprint density at radius 1 is 1.40 bits per heavy atom. The van der Waals surface area contributed by atoms with Crippen molar-refractivity contribution in [3.8, 4) is 0 Å². The van der Waals surface area contributed by atoms with E-state index in [9.17, 15) is 0 Å². The Morgan fingerprint density at radius 3 is 2.80 bits per heavy atom. The van der Waals surface area contributed by atoms with Gasteiger partial charge in [-0.15, -0.1) is 5.10 Å². The highest BCUT2D eigenvalue weighted by Crippen LogP contribution is 2.24. The lowest BCUT2D eigenvalue weighted by Crippen LogP contribution is -1.92. The van der Waals surface area contributed by atoms with Crippen molar-refractivity contribution in [2.75, 3.05) is 5.73 Å². The summed E-state index contributed by atoms with van der Waals surface area (Å²) in [5.41, 5.74) is 7.49. The number of anilines is 1. The van der Waals surface area contributed by atoms with Crippen LogP contribution in [0.4, 0.5) is 5.69 Å². The van der Waals surface area contributed by atoms with E-state index in [1.165, 1.54) is 11.8 Å². The molecule has 2 rings (SSSR count). The molecular formula is C9H11N5S. The van der Waals surface area contributed by atoms with Crippen molar-refractivity contribution in [1.82, 2.24) is 20.2 Å². The lowest BCUT2D eigenvalue weighted by molar-refractivity contribution is 0.964. The van der Waals surface area contributed by atoms with Crippen LogP contribution in [0.25, 0.3) is 0 Å². The second-order valence-corrected chi connectivity index (χ2v) is 4.17. The van der Waals surface area contributed by atoms with Gasteiger partial charge in [-0.1, -0.05) is 0 Å². The van der Waals surface area contributed by atoms with Crippen LogP contribution in [-0.4, -0.2) is 20.2 Å².